The number of hydrogen-bond acceptors (Lipinski definition) is 2. The molecule has 0 saturated heterocycles. The Morgan fingerprint density at radius 1 is 1.24 bits per heavy atom. The fraction of sp³-hybridized carbons (Fsp3) is 0.286. The summed E-state index contributed by atoms with van der Waals surface area (Å²) in [6.07, 6.45) is 3.20. The van der Waals surface area contributed by atoms with Crippen LogP contribution < -0.4 is 4.57 Å². The summed E-state index contributed by atoms with van der Waals surface area (Å²) >= 11 is 1.79. The Kier molecular flexibility index (Phi) is 2.37. The van der Waals surface area contributed by atoms with Crippen LogP contribution in [0.4, 0.5) is 0 Å². The molecule has 86 valence electrons. The van der Waals surface area contributed by atoms with Crippen molar-refractivity contribution in [2.45, 2.75) is 20.3 Å². The first-order valence-electron chi connectivity index (χ1n) is 5.88. The fourth-order valence-corrected chi connectivity index (χ4v) is 3.39. The van der Waals surface area contributed by atoms with Crippen molar-refractivity contribution >= 4 is 32.3 Å². The van der Waals surface area contributed by atoms with Gasteiger partial charge >= 0.3 is 0 Å². The lowest BCUT2D eigenvalue weighted by Gasteiger charge is -2.02. The number of fused-ring (bicyclic) bond motifs is 3. The molecule has 3 rings (SSSR count). The molecule has 17 heavy (non-hydrogen) atoms. The monoisotopic (exact) mass is 243 g/mol. The molecule has 0 unspecified atom stereocenters. The highest BCUT2D eigenvalue weighted by atomic mass is 32.1. The Labute approximate surface area is 105 Å². The van der Waals surface area contributed by atoms with Crippen LogP contribution >= 0.6 is 11.3 Å². The van der Waals surface area contributed by atoms with Gasteiger partial charge in [-0.1, -0.05) is 6.92 Å². The van der Waals surface area contributed by atoms with Gasteiger partial charge in [0.25, 0.3) is 0 Å². The number of rotatable bonds is 1. The SMILES string of the molecule is CCc1c2ccc3nc(C)sc3c2cc[n+]1C. The zero-order chi connectivity index (χ0) is 12.0. The van der Waals surface area contributed by atoms with E-state index in [0.29, 0.717) is 0 Å². The summed E-state index contributed by atoms with van der Waals surface area (Å²) in [5, 5.41) is 3.83. The van der Waals surface area contributed by atoms with Gasteiger partial charge in [-0.3, -0.25) is 0 Å². The number of benzene rings is 1. The van der Waals surface area contributed by atoms with Gasteiger partial charge in [0.15, 0.2) is 11.9 Å². The first-order valence-corrected chi connectivity index (χ1v) is 6.69. The van der Waals surface area contributed by atoms with E-state index in [4.69, 9.17) is 0 Å². The van der Waals surface area contributed by atoms with E-state index < -0.39 is 0 Å². The first kappa shape index (κ1) is 10.7. The molecular formula is C14H15N2S+. The number of aromatic nitrogens is 2. The van der Waals surface area contributed by atoms with E-state index in [1.807, 2.05) is 0 Å². The van der Waals surface area contributed by atoms with Crippen LogP contribution in [0.5, 0.6) is 0 Å². The molecule has 3 heteroatoms. The third-order valence-electron chi connectivity index (χ3n) is 3.24. The maximum atomic E-state index is 4.55. The molecule has 3 aromatic rings. The molecule has 2 heterocycles. The molecule has 0 N–H and O–H groups in total. The van der Waals surface area contributed by atoms with E-state index in [9.17, 15) is 0 Å². The average molecular weight is 243 g/mol. The summed E-state index contributed by atoms with van der Waals surface area (Å²) < 4.78 is 3.53. The third-order valence-corrected chi connectivity index (χ3v) is 4.26. The Morgan fingerprint density at radius 2 is 2.06 bits per heavy atom. The highest BCUT2D eigenvalue weighted by Gasteiger charge is 2.13. The van der Waals surface area contributed by atoms with E-state index in [2.05, 4.69) is 54.8 Å². The van der Waals surface area contributed by atoms with Gasteiger partial charge in [0, 0.05) is 17.9 Å². The first-order chi connectivity index (χ1) is 8.20. The number of pyridine rings is 1. The smallest absolute Gasteiger partial charge is 0.188 e. The number of hydrogen-bond donors (Lipinski definition) is 0. The van der Waals surface area contributed by atoms with Gasteiger partial charge in [0.1, 0.15) is 7.05 Å². The molecule has 0 fully saturated rings. The van der Waals surface area contributed by atoms with Crippen molar-refractivity contribution in [3.63, 3.8) is 0 Å². The lowest BCUT2D eigenvalue weighted by molar-refractivity contribution is -0.677. The minimum atomic E-state index is 1.05. The van der Waals surface area contributed by atoms with Crippen molar-refractivity contribution in [3.05, 3.63) is 35.1 Å². The number of nitrogens with zero attached hydrogens (tertiary/aromatic N) is 2. The second-order valence-corrected chi connectivity index (χ2v) is 5.54. The summed E-state index contributed by atoms with van der Waals surface area (Å²) in [4.78, 5) is 4.55. The molecule has 0 amide bonds. The predicted octanol–water partition coefficient (Wildman–Crippen LogP) is 3.14. The van der Waals surface area contributed by atoms with E-state index in [1.165, 1.54) is 21.2 Å². The van der Waals surface area contributed by atoms with Gasteiger partial charge in [-0.15, -0.1) is 11.3 Å². The Morgan fingerprint density at radius 3 is 2.82 bits per heavy atom. The molecular weight excluding hydrogens is 228 g/mol. The molecule has 1 aromatic carbocycles. The molecule has 0 aliphatic carbocycles. The lowest BCUT2D eigenvalue weighted by atomic mass is 10.1. The summed E-state index contributed by atoms with van der Waals surface area (Å²) in [7, 11) is 2.11. The second-order valence-electron chi connectivity index (χ2n) is 4.33. The highest BCUT2D eigenvalue weighted by Crippen LogP contribution is 2.30. The average Bonchev–Trinajstić information content (AvgIpc) is 2.69. The van der Waals surface area contributed by atoms with Gasteiger partial charge in [0.05, 0.1) is 20.6 Å². The van der Waals surface area contributed by atoms with Crippen LogP contribution in [-0.2, 0) is 13.5 Å². The van der Waals surface area contributed by atoms with E-state index >= 15 is 0 Å². The van der Waals surface area contributed by atoms with E-state index in [0.717, 1.165) is 16.9 Å². The number of aryl methyl sites for hydroxylation is 3. The molecule has 0 bridgehead atoms. The topological polar surface area (TPSA) is 16.8 Å². The van der Waals surface area contributed by atoms with Crippen molar-refractivity contribution in [1.29, 1.82) is 0 Å². The van der Waals surface area contributed by atoms with Crippen molar-refractivity contribution < 1.29 is 4.57 Å². The quantitative estimate of drug-likeness (QED) is 0.600. The molecule has 2 nitrogen and oxygen atoms in total. The van der Waals surface area contributed by atoms with Crippen LogP contribution in [0, 0.1) is 6.92 Å². The Balaban J connectivity index is 2.51. The second kappa shape index (κ2) is 3.77. The lowest BCUT2D eigenvalue weighted by Crippen LogP contribution is -2.32. The maximum Gasteiger partial charge on any atom is 0.188 e. The predicted molar refractivity (Wildman–Crippen MR) is 72.4 cm³/mol. The minimum absolute atomic E-state index is 1.05. The van der Waals surface area contributed by atoms with E-state index in [-0.39, 0.29) is 0 Å². The van der Waals surface area contributed by atoms with Crippen LogP contribution in [-0.4, -0.2) is 4.98 Å². The fourth-order valence-electron chi connectivity index (χ4n) is 2.45. The standard InChI is InChI=1S/C14H15N2S/c1-4-13-10-5-6-12-14(17-9(2)15-12)11(10)7-8-16(13)3/h5-8H,4H2,1-3H3/q+1. The molecule has 0 aliphatic rings. The summed E-state index contributed by atoms with van der Waals surface area (Å²) in [6, 6.07) is 6.55. The number of thiazole rings is 1. The van der Waals surface area contributed by atoms with Crippen LogP contribution in [0.1, 0.15) is 17.6 Å². The van der Waals surface area contributed by atoms with Gasteiger partial charge in [-0.25, -0.2) is 9.55 Å². The van der Waals surface area contributed by atoms with Crippen LogP contribution in [0.3, 0.4) is 0 Å². The van der Waals surface area contributed by atoms with Gasteiger partial charge in [-0.05, 0) is 19.1 Å². The van der Waals surface area contributed by atoms with Gasteiger partial charge < -0.3 is 0 Å². The van der Waals surface area contributed by atoms with Gasteiger partial charge in [0.2, 0.25) is 0 Å². The molecule has 0 atom stereocenters. The molecule has 0 radical (unpaired) electrons. The molecule has 0 saturated carbocycles. The van der Waals surface area contributed by atoms with Crippen molar-refractivity contribution in [1.82, 2.24) is 4.98 Å². The largest absolute Gasteiger partial charge is 0.241 e. The van der Waals surface area contributed by atoms with Crippen LogP contribution in [0.15, 0.2) is 24.4 Å². The molecule has 0 spiro atoms. The third kappa shape index (κ3) is 1.53. The van der Waals surface area contributed by atoms with E-state index in [1.54, 1.807) is 11.3 Å². The Hall–Kier alpha value is -1.48. The summed E-state index contributed by atoms with van der Waals surface area (Å²) in [5.41, 5.74) is 2.51. The van der Waals surface area contributed by atoms with Crippen LogP contribution in [0.2, 0.25) is 0 Å². The minimum Gasteiger partial charge on any atom is -0.241 e. The van der Waals surface area contributed by atoms with Crippen molar-refractivity contribution in [2.75, 3.05) is 0 Å². The summed E-state index contributed by atoms with van der Waals surface area (Å²) in [5.74, 6) is 0. The zero-order valence-electron chi connectivity index (χ0n) is 10.3. The highest BCUT2D eigenvalue weighted by molar-refractivity contribution is 7.19. The van der Waals surface area contributed by atoms with Crippen LogP contribution in [0.25, 0.3) is 21.0 Å². The maximum absolute atomic E-state index is 4.55. The van der Waals surface area contributed by atoms with Crippen molar-refractivity contribution in [3.8, 4) is 0 Å². The zero-order valence-corrected chi connectivity index (χ0v) is 11.1. The Bertz CT molecular complexity index is 713. The van der Waals surface area contributed by atoms with Gasteiger partial charge in [-0.2, -0.15) is 0 Å². The normalized spacial score (nSPS) is 11.5. The molecule has 2 aromatic heterocycles. The molecule has 0 aliphatic heterocycles. The summed E-state index contributed by atoms with van der Waals surface area (Å²) in [6.45, 7) is 4.27. The van der Waals surface area contributed by atoms with Crippen molar-refractivity contribution in [2.24, 2.45) is 7.05 Å².